The van der Waals surface area contributed by atoms with Gasteiger partial charge in [-0.25, -0.2) is 4.79 Å². The largest absolute Gasteiger partial charge is 0.444 e. The summed E-state index contributed by atoms with van der Waals surface area (Å²) < 4.78 is 6.59. The zero-order valence-corrected chi connectivity index (χ0v) is 13.5. The van der Waals surface area contributed by atoms with Crippen LogP contribution in [-0.2, 0) is 4.74 Å². The molecule has 1 fully saturated rings. The monoisotopic (exact) mass is 353 g/mol. The fraction of sp³-hybridized carbons (Fsp3) is 0.923. The maximum Gasteiger partial charge on any atom is 0.410 e. The van der Waals surface area contributed by atoms with Gasteiger partial charge in [0, 0.05) is 17.5 Å². The van der Waals surface area contributed by atoms with Crippen molar-refractivity contribution in [1.29, 1.82) is 0 Å². The van der Waals surface area contributed by atoms with Gasteiger partial charge >= 0.3 is 6.09 Å². The Morgan fingerprint density at radius 3 is 2.35 bits per heavy atom. The quantitative estimate of drug-likeness (QED) is 0.560. The highest BCUT2D eigenvalue weighted by atomic mass is 127. The minimum Gasteiger partial charge on any atom is -0.444 e. The molecule has 1 saturated heterocycles. The maximum atomic E-state index is 11.9. The number of piperidine rings is 1. The molecule has 0 aromatic heterocycles. The smallest absolute Gasteiger partial charge is 0.410 e. The number of amides is 1. The van der Waals surface area contributed by atoms with Crippen LogP contribution in [0, 0.1) is 11.8 Å². The predicted octanol–water partition coefficient (Wildman–Crippen LogP) is 3.70. The van der Waals surface area contributed by atoms with Gasteiger partial charge in [0.2, 0.25) is 0 Å². The van der Waals surface area contributed by atoms with Gasteiger partial charge in [0.15, 0.2) is 0 Å². The number of ether oxygens (including phenoxy) is 1. The molecule has 0 saturated carbocycles. The first-order chi connectivity index (χ1) is 7.83. The van der Waals surface area contributed by atoms with Gasteiger partial charge < -0.3 is 9.64 Å². The topological polar surface area (TPSA) is 29.5 Å². The maximum absolute atomic E-state index is 11.9. The predicted molar refractivity (Wildman–Crippen MR) is 78.6 cm³/mol. The minimum absolute atomic E-state index is 0.155. The van der Waals surface area contributed by atoms with Crippen molar-refractivity contribution in [1.82, 2.24) is 4.90 Å². The second kappa shape index (κ2) is 6.25. The number of nitrogens with zero attached hydrogens (tertiary/aromatic N) is 1. The molecular formula is C13H24INO2. The lowest BCUT2D eigenvalue weighted by atomic mass is 9.87. The molecule has 0 N–H and O–H groups in total. The lowest BCUT2D eigenvalue weighted by molar-refractivity contribution is 0.0167. The molecule has 3 nitrogen and oxygen atoms in total. The highest BCUT2D eigenvalue weighted by Crippen LogP contribution is 2.26. The van der Waals surface area contributed by atoms with Crippen LogP contribution >= 0.6 is 22.6 Å². The van der Waals surface area contributed by atoms with Crippen molar-refractivity contribution >= 4 is 28.7 Å². The van der Waals surface area contributed by atoms with Crippen molar-refractivity contribution in [2.45, 2.75) is 46.1 Å². The molecule has 1 heterocycles. The molecule has 0 bridgehead atoms. The van der Waals surface area contributed by atoms with E-state index in [4.69, 9.17) is 4.74 Å². The first-order valence-corrected chi connectivity index (χ1v) is 7.90. The molecule has 1 amide bonds. The lowest BCUT2D eigenvalue weighted by Crippen LogP contribution is -2.42. The fourth-order valence-electron chi connectivity index (χ4n) is 2.10. The molecule has 4 heteroatoms. The van der Waals surface area contributed by atoms with Crippen LogP contribution in [0.4, 0.5) is 4.79 Å². The average molecular weight is 353 g/mol. The van der Waals surface area contributed by atoms with E-state index in [1.165, 1.54) is 4.43 Å². The first kappa shape index (κ1) is 15.1. The lowest BCUT2D eigenvalue weighted by Gasteiger charge is -2.35. The second-order valence-corrected chi connectivity index (χ2v) is 6.82. The van der Waals surface area contributed by atoms with Gasteiger partial charge in [-0.2, -0.15) is 0 Å². The van der Waals surface area contributed by atoms with Gasteiger partial charge in [0.1, 0.15) is 5.60 Å². The summed E-state index contributed by atoms with van der Waals surface area (Å²) in [6.07, 6.45) is 2.07. The second-order valence-electron chi connectivity index (χ2n) is 5.94. The van der Waals surface area contributed by atoms with E-state index in [1.54, 1.807) is 0 Å². The van der Waals surface area contributed by atoms with Crippen molar-refractivity contribution in [2.75, 3.05) is 17.5 Å². The van der Waals surface area contributed by atoms with E-state index in [9.17, 15) is 4.79 Å². The van der Waals surface area contributed by atoms with Crippen molar-refractivity contribution in [3.8, 4) is 0 Å². The summed E-state index contributed by atoms with van der Waals surface area (Å²) in [6.45, 7) is 9.74. The zero-order valence-electron chi connectivity index (χ0n) is 11.3. The zero-order chi connectivity index (χ0) is 13.1. The summed E-state index contributed by atoms with van der Waals surface area (Å²) in [7, 11) is 0. The number of hydrogen-bond donors (Lipinski definition) is 0. The number of halogens is 1. The summed E-state index contributed by atoms with van der Waals surface area (Å²) >= 11 is 2.45. The molecule has 0 aliphatic carbocycles. The molecule has 100 valence electrons. The van der Waals surface area contributed by atoms with E-state index in [0.29, 0.717) is 0 Å². The first-order valence-electron chi connectivity index (χ1n) is 6.37. The molecule has 1 atom stereocenters. The molecule has 0 aromatic rings. The Labute approximate surface area is 118 Å². The Morgan fingerprint density at radius 2 is 1.94 bits per heavy atom. The van der Waals surface area contributed by atoms with Crippen molar-refractivity contribution < 1.29 is 9.53 Å². The van der Waals surface area contributed by atoms with Crippen molar-refractivity contribution in [3.05, 3.63) is 0 Å². The number of alkyl halides is 1. The van der Waals surface area contributed by atoms with Crippen molar-refractivity contribution in [3.63, 3.8) is 0 Å². The Balaban J connectivity index is 2.39. The molecule has 0 aromatic carbocycles. The Kier molecular flexibility index (Phi) is 5.54. The van der Waals surface area contributed by atoms with Gasteiger partial charge in [-0.05, 0) is 45.4 Å². The van der Waals surface area contributed by atoms with Crippen LogP contribution in [0.1, 0.15) is 40.5 Å². The van der Waals surface area contributed by atoms with Crippen LogP contribution in [0.2, 0.25) is 0 Å². The molecule has 0 radical (unpaired) electrons. The third-order valence-electron chi connectivity index (χ3n) is 3.24. The molecule has 0 spiro atoms. The standard InChI is InChI=1S/C13H24INO2/c1-10(9-14)11-5-7-15(8-6-11)12(16)17-13(2,3)4/h10-11H,5-9H2,1-4H3/t10-/m1/s1. The Morgan fingerprint density at radius 1 is 1.41 bits per heavy atom. The van der Waals surface area contributed by atoms with Crippen LogP contribution in [0.3, 0.4) is 0 Å². The van der Waals surface area contributed by atoms with E-state index in [2.05, 4.69) is 29.5 Å². The highest BCUT2D eigenvalue weighted by Gasteiger charge is 2.28. The minimum atomic E-state index is -0.385. The number of carbonyl (C=O) groups excluding carboxylic acids is 1. The highest BCUT2D eigenvalue weighted by molar-refractivity contribution is 14.1. The van der Waals surface area contributed by atoms with E-state index in [0.717, 1.165) is 37.8 Å². The summed E-state index contributed by atoms with van der Waals surface area (Å²) in [6, 6.07) is 0. The number of hydrogen-bond acceptors (Lipinski definition) is 2. The van der Waals surface area contributed by atoms with E-state index >= 15 is 0 Å². The van der Waals surface area contributed by atoms with Crippen LogP contribution < -0.4 is 0 Å². The Hall–Kier alpha value is 0. The molecule has 1 aliphatic heterocycles. The van der Waals surface area contributed by atoms with Gasteiger partial charge in [-0.3, -0.25) is 0 Å². The molecule has 1 rings (SSSR count). The third kappa shape index (κ3) is 5.02. The third-order valence-corrected chi connectivity index (χ3v) is 4.63. The fourth-order valence-corrected chi connectivity index (χ4v) is 2.82. The van der Waals surface area contributed by atoms with E-state index in [-0.39, 0.29) is 11.7 Å². The van der Waals surface area contributed by atoms with Gasteiger partial charge in [0.05, 0.1) is 0 Å². The molecular weight excluding hydrogens is 329 g/mol. The van der Waals surface area contributed by atoms with Gasteiger partial charge in [-0.15, -0.1) is 0 Å². The van der Waals surface area contributed by atoms with E-state index in [1.807, 2.05) is 25.7 Å². The Bertz CT molecular complexity index is 255. The van der Waals surface area contributed by atoms with E-state index < -0.39 is 0 Å². The van der Waals surface area contributed by atoms with Gasteiger partial charge in [0.25, 0.3) is 0 Å². The SMILES string of the molecule is C[C@H](CI)C1CCN(C(=O)OC(C)(C)C)CC1. The van der Waals surface area contributed by atoms with Crippen LogP contribution in [0.5, 0.6) is 0 Å². The average Bonchev–Trinajstić information content (AvgIpc) is 2.26. The summed E-state index contributed by atoms with van der Waals surface area (Å²) in [5.74, 6) is 1.53. The number of likely N-dealkylation sites (tertiary alicyclic amines) is 1. The summed E-state index contributed by atoms with van der Waals surface area (Å²) in [5, 5.41) is 0. The molecule has 0 unspecified atom stereocenters. The van der Waals surface area contributed by atoms with Crippen LogP contribution in [0.15, 0.2) is 0 Å². The van der Waals surface area contributed by atoms with Crippen LogP contribution in [-0.4, -0.2) is 34.1 Å². The summed E-state index contributed by atoms with van der Waals surface area (Å²) in [5.41, 5.74) is -0.385. The molecule has 1 aliphatic rings. The van der Waals surface area contributed by atoms with Gasteiger partial charge in [-0.1, -0.05) is 29.5 Å². The summed E-state index contributed by atoms with van der Waals surface area (Å²) in [4.78, 5) is 13.7. The van der Waals surface area contributed by atoms with Crippen LogP contribution in [0.25, 0.3) is 0 Å². The normalized spacial score (nSPS) is 20.2. The molecule has 17 heavy (non-hydrogen) atoms. The number of rotatable bonds is 2. The van der Waals surface area contributed by atoms with Crippen molar-refractivity contribution in [2.24, 2.45) is 11.8 Å². The number of carbonyl (C=O) groups is 1.